The Kier molecular flexibility index (Phi) is 2.63. The maximum Gasteiger partial charge on any atom is 0.251 e. The van der Waals surface area contributed by atoms with Crippen LogP contribution in [0.25, 0.3) is 6.08 Å². The third kappa shape index (κ3) is 1.96. The number of allylic oxidation sites excluding steroid dienone is 1. The highest BCUT2D eigenvalue weighted by molar-refractivity contribution is 5.98. The molecule has 1 heterocycles. The smallest absolute Gasteiger partial charge is 0.251 e. The molecule has 3 heteroatoms. The highest BCUT2D eigenvalue weighted by Crippen LogP contribution is 2.17. The molecule has 0 aliphatic carbocycles. The van der Waals surface area contributed by atoms with Crippen LogP contribution in [-0.2, 0) is 11.3 Å². The molecule has 0 fully saturated rings. The van der Waals surface area contributed by atoms with E-state index < -0.39 is 0 Å². The number of carbonyl (C=O) groups is 2. The van der Waals surface area contributed by atoms with E-state index in [2.05, 4.69) is 5.32 Å². The Morgan fingerprint density at radius 2 is 2.27 bits per heavy atom. The molecule has 0 radical (unpaired) electrons. The first-order valence-electron chi connectivity index (χ1n) is 4.82. The molecule has 0 bridgehead atoms. The van der Waals surface area contributed by atoms with Crippen molar-refractivity contribution < 1.29 is 9.59 Å². The average Bonchev–Trinajstić information content (AvgIpc) is 2.61. The molecule has 1 amide bonds. The fourth-order valence-electron chi connectivity index (χ4n) is 1.59. The second kappa shape index (κ2) is 4.09. The van der Waals surface area contributed by atoms with E-state index in [1.165, 1.54) is 0 Å². The first kappa shape index (κ1) is 9.65. The number of rotatable bonds is 3. The van der Waals surface area contributed by atoms with Gasteiger partial charge in [0.05, 0.1) is 0 Å². The van der Waals surface area contributed by atoms with Crippen molar-refractivity contribution in [1.29, 1.82) is 0 Å². The molecule has 0 atom stereocenters. The number of amides is 1. The number of nitrogens with one attached hydrogen (secondary N) is 1. The molecular weight excluding hydrogens is 190 g/mol. The Hall–Kier alpha value is -1.90. The van der Waals surface area contributed by atoms with Gasteiger partial charge in [0.25, 0.3) is 5.91 Å². The topological polar surface area (TPSA) is 46.2 Å². The second-order valence-electron chi connectivity index (χ2n) is 3.40. The maximum atomic E-state index is 11.4. The van der Waals surface area contributed by atoms with Crippen LogP contribution >= 0.6 is 0 Å². The molecule has 0 saturated carbocycles. The van der Waals surface area contributed by atoms with Crippen molar-refractivity contribution in [3.63, 3.8) is 0 Å². The fraction of sp³-hybridized carbons (Fsp3) is 0.167. The predicted molar refractivity (Wildman–Crippen MR) is 57.3 cm³/mol. The summed E-state index contributed by atoms with van der Waals surface area (Å²) < 4.78 is 0. The van der Waals surface area contributed by atoms with Crippen molar-refractivity contribution in [2.45, 2.75) is 13.0 Å². The van der Waals surface area contributed by atoms with Gasteiger partial charge in [0, 0.05) is 18.5 Å². The minimum absolute atomic E-state index is 0.0179. The van der Waals surface area contributed by atoms with Crippen LogP contribution < -0.4 is 5.32 Å². The number of hydrogen-bond acceptors (Lipinski definition) is 2. The van der Waals surface area contributed by atoms with Crippen molar-refractivity contribution in [2.75, 3.05) is 0 Å². The minimum Gasteiger partial charge on any atom is -0.348 e. The van der Waals surface area contributed by atoms with Crippen LogP contribution in [0, 0.1) is 0 Å². The van der Waals surface area contributed by atoms with Crippen molar-refractivity contribution in [3.05, 3.63) is 41.0 Å². The standard InChI is InChI=1S/C12H11NO2/c14-6-2-1-3-9-4-5-10-8-13-12(15)11(10)7-9/h1,3-7H,2,8H2,(H,13,15). The molecule has 3 nitrogen and oxygen atoms in total. The Labute approximate surface area is 87.8 Å². The van der Waals surface area contributed by atoms with Gasteiger partial charge in [0.2, 0.25) is 0 Å². The second-order valence-corrected chi connectivity index (χ2v) is 3.40. The van der Waals surface area contributed by atoms with Crippen molar-refractivity contribution in [2.24, 2.45) is 0 Å². The van der Waals surface area contributed by atoms with Gasteiger partial charge >= 0.3 is 0 Å². The van der Waals surface area contributed by atoms with Crippen LogP contribution in [0.4, 0.5) is 0 Å². The predicted octanol–water partition coefficient (Wildman–Crippen LogP) is 1.53. The van der Waals surface area contributed by atoms with Gasteiger partial charge in [0.15, 0.2) is 0 Å². The van der Waals surface area contributed by atoms with E-state index in [0.29, 0.717) is 13.0 Å². The minimum atomic E-state index is -0.0179. The highest BCUT2D eigenvalue weighted by atomic mass is 16.1. The molecule has 0 aromatic heterocycles. The van der Waals surface area contributed by atoms with Gasteiger partial charge in [-0.1, -0.05) is 24.3 Å². The number of benzene rings is 1. The van der Waals surface area contributed by atoms with Gasteiger partial charge in [-0.3, -0.25) is 4.79 Å². The van der Waals surface area contributed by atoms with Crippen LogP contribution in [0.2, 0.25) is 0 Å². The molecule has 2 rings (SSSR count). The number of fused-ring (bicyclic) bond motifs is 1. The first-order valence-corrected chi connectivity index (χ1v) is 4.82. The molecule has 0 spiro atoms. The lowest BCUT2D eigenvalue weighted by Crippen LogP contribution is -2.12. The summed E-state index contributed by atoms with van der Waals surface area (Å²) in [6.45, 7) is 0.618. The lowest BCUT2D eigenvalue weighted by molar-refractivity contribution is -0.107. The molecule has 15 heavy (non-hydrogen) atoms. The lowest BCUT2D eigenvalue weighted by Gasteiger charge is -1.97. The summed E-state index contributed by atoms with van der Waals surface area (Å²) in [5.41, 5.74) is 2.73. The van der Waals surface area contributed by atoms with E-state index >= 15 is 0 Å². The van der Waals surface area contributed by atoms with Gasteiger partial charge < -0.3 is 10.1 Å². The number of carbonyl (C=O) groups excluding carboxylic acids is 2. The third-order valence-electron chi connectivity index (χ3n) is 2.36. The summed E-state index contributed by atoms with van der Waals surface area (Å²) >= 11 is 0. The summed E-state index contributed by atoms with van der Waals surface area (Å²) in [5.74, 6) is -0.0179. The molecule has 1 N–H and O–H groups in total. The Morgan fingerprint density at radius 1 is 1.40 bits per heavy atom. The molecule has 1 aromatic carbocycles. The number of hydrogen-bond donors (Lipinski definition) is 1. The van der Waals surface area contributed by atoms with Crippen LogP contribution in [0.3, 0.4) is 0 Å². The van der Waals surface area contributed by atoms with Gasteiger partial charge in [-0.25, -0.2) is 0 Å². The summed E-state index contributed by atoms with van der Waals surface area (Å²) in [4.78, 5) is 21.5. The SMILES string of the molecule is O=CCC=Cc1ccc2c(c1)C(=O)NC2. The quantitative estimate of drug-likeness (QED) is 0.754. The van der Waals surface area contributed by atoms with Gasteiger partial charge in [-0.15, -0.1) is 0 Å². The van der Waals surface area contributed by atoms with Crippen molar-refractivity contribution >= 4 is 18.3 Å². The van der Waals surface area contributed by atoms with Gasteiger partial charge in [-0.2, -0.15) is 0 Å². The molecule has 1 aliphatic heterocycles. The molecular formula is C12H11NO2. The highest BCUT2D eigenvalue weighted by Gasteiger charge is 2.17. The summed E-state index contributed by atoms with van der Waals surface area (Å²) in [5, 5.41) is 2.76. The van der Waals surface area contributed by atoms with Crippen LogP contribution in [-0.4, -0.2) is 12.2 Å². The molecule has 76 valence electrons. The van der Waals surface area contributed by atoms with Gasteiger partial charge in [0.1, 0.15) is 6.29 Å². The average molecular weight is 201 g/mol. The summed E-state index contributed by atoms with van der Waals surface area (Å²) in [6, 6.07) is 5.73. The maximum absolute atomic E-state index is 11.4. The van der Waals surface area contributed by atoms with Crippen LogP contribution in [0.5, 0.6) is 0 Å². The van der Waals surface area contributed by atoms with E-state index in [9.17, 15) is 9.59 Å². The largest absolute Gasteiger partial charge is 0.348 e. The normalized spacial score (nSPS) is 14.0. The molecule has 1 aliphatic rings. The zero-order valence-electron chi connectivity index (χ0n) is 8.19. The van der Waals surface area contributed by atoms with Crippen LogP contribution in [0.15, 0.2) is 24.3 Å². The summed E-state index contributed by atoms with van der Waals surface area (Å²) in [7, 11) is 0. The summed E-state index contributed by atoms with van der Waals surface area (Å²) in [6.07, 6.45) is 4.88. The molecule has 1 aromatic rings. The van der Waals surface area contributed by atoms with Gasteiger partial charge in [-0.05, 0) is 17.2 Å². The molecule has 0 unspecified atom stereocenters. The Bertz CT molecular complexity index is 435. The molecule has 0 saturated heterocycles. The monoisotopic (exact) mass is 201 g/mol. The van der Waals surface area contributed by atoms with E-state index in [0.717, 1.165) is 23.0 Å². The zero-order chi connectivity index (χ0) is 10.7. The van der Waals surface area contributed by atoms with E-state index in [4.69, 9.17) is 0 Å². The van der Waals surface area contributed by atoms with Crippen molar-refractivity contribution in [3.8, 4) is 0 Å². The Balaban J connectivity index is 2.25. The lowest BCUT2D eigenvalue weighted by atomic mass is 10.1. The fourth-order valence-corrected chi connectivity index (χ4v) is 1.59. The Morgan fingerprint density at radius 3 is 3.07 bits per heavy atom. The van der Waals surface area contributed by atoms with E-state index in [-0.39, 0.29) is 5.91 Å². The zero-order valence-corrected chi connectivity index (χ0v) is 8.19. The van der Waals surface area contributed by atoms with Crippen LogP contribution in [0.1, 0.15) is 27.9 Å². The first-order chi connectivity index (χ1) is 7.31. The third-order valence-corrected chi connectivity index (χ3v) is 2.36. The van der Waals surface area contributed by atoms with Crippen molar-refractivity contribution in [1.82, 2.24) is 5.32 Å². The van der Waals surface area contributed by atoms with E-state index in [1.54, 1.807) is 6.08 Å². The number of aldehydes is 1. The van der Waals surface area contributed by atoms with E-state index in [1.807, 2.05) is 24.3 Å².